The molecule has 152 valence electrons. The Hall–Kier alpha value is -3.80. The number of rotatable bonds is 7. The monoisotopic (exact) mass is 402 g/mol. The van der Waals surface area contributed by atoms with Gasteiger partial charge >= 0.3 is 0 Å². The van der Waals surface area contributed by atoms with Crippen LogP contribution in [0.5, 0.6) is 11.5 Å². The van der Waals surface area contributed by atoms with E-state index in [1.807, 2.05) is 42.5 Å². The number of ether oxygens (including phenoxy) is 2. The minimum absolute atomic E-state index is 0.109. The lowest BCUT2D eigenvalue weighted by Gasteiger charge is -2.08. The van der Waals surface area contributed by atoms with Crippen LogP contribution in [0.1, 0.15) is 31.8 Å². The molecule has 30 heavy (non-hydrogen) atoms. The summed E-state index contributed by atoms with van der Waals surface area (Å²) in [6, 6.07) is 22.3. The molecule has 0 fully saturated rings. The fraction of sp³-hybridized carbons (Fsp3) is 0.167. The largest absolute Gasteiger partial charge is 0.454 e. The molecule has 1 aliphatic rings. The van der Waals surface area contributed by atoms with Crippen LogP contribution < -0.4 is 20.1 Å². The molecule has 0 saturated heterocycles. The number of fused-ring (bicyclic) bond motifs is 1. The molecule has 0 radical (unpaired) electrons. The Morgan fingerprint density at radius 1 is 0.733 bits per heavy atom. The van der Waals surface area contributed by atoms with Crippen molar-refractivity contribution in [1.29, 1.82) is 0 Å². The molecule has 0 saturated carbocycles. The molecule has 1 aliphatic heterocycles. The van der Waals surface area contributed by atoms with E-state index in [-0.39, 0.29) is 18.6 Å². The van der Waals surface area contributed by atoms with Gasteiger partial charge in [0.25, 0.3) is 11.8 Å². The van der Waals surface area contributed by atoms with Gasteiger partial charge in [-0.3, -0.25) is 9.59 Å². The first-order chi connectivity index (χ1) is 14.7. The highest BCUT2D eigenvalue weighted by molar-refractivity contribution is 5.95. The number of hydrogen-bond acceptors (Lipinski definition) is 4. The van der Waals surface area contributed by atoms with Crippen molar-refractivity contribution in [1.82, 2.24) is 10.6 Å². The van der Waals surface area contributed by atoms with Gasteiger partial charge in [-0.15, -0.1) is 0 Å². The number of carbonyl (C=O) groups is 2. The van der Waals surface area contributed by atoms with Crippen LogP contribution in [0.25, 0.3) is 0 Å². The predicted molar refractivity (Wildman–Crippen MR) is 113 cm³/mol. The molecular weight excluding hydrogens is 380 g/mol. The van der Waals surface area contributed by atoms with Crippen molar-refractivity contribution in [2.75, 3.05) is 13.3 Å². The van der Waals surface area contributed by atoms with Gasteiger partial charge in [-0.2, -0.15) is 0 Å². The van der Waals surface area contributed by atoms with E-state index in [4.69, 9.17) is 9.47 Å². The average Bonchev–Trinajstić information content (AvgIpc) is 3.26. The molecule has 3 aromatic rings. The molecule has 3 aromatic carbocycles. The summed E-state index contributed by atoms with van der Waals surface area (Å²) >= 11 is 0. The molecule has 0 unspecified atom stereocenters. The van der Waals surface area contributed by atoms with Crippen LogP contribution in [-0.2, 0) is 13.0 Å². The maximum atomic E-state index is 12.4. The maximum Gasteiger partial charge on any atom is 0.251 e. The highest BCUT2D eigenvalue weighted by Crippen LogP contribution is 2.32. The molecule has 4 rings (SSSR count). The molecule has 0 atom stereocenters. The van der Waals surface area contributed by atoms with Crippen molar-refractivity contribution in [3.05, 3.63) is 95.1 Å². The summed E-state index contributed by atoms with van der Waals surface area (Å²) < 4.78 is 10.6. The van der Waals surface area contributed by atoms with E-state index in [0.717, 1.165) is 12.0 Å². The van der Waals surface area contributed by atoms with Crippen LogP contribution in [0.3, 0.4) is 0 Å². The Morgan fingerprint density at radius 2 is 1.43 bits per heavy atom. The maximum absolute atomic E-state index is 12.4. The average molecular weight is 402 g/mol. The third kappa shape index (κ3) is 4.78. The van der Waals surface area contributed by atoms with E-state index in [1.165, 1.54) is 5.56 Å². The van der Waals surface area contributed by atoms with E-state index in [1.54, 1.807) is 30.3 Å². The van der Waals surface area contributed by atoms with Crippen molar-refractivity contribution >= 4 is 11.8 Å². The van der Waals surface area contributed by atoms with Crippen LogP contribution in [0, 0.1) is 0 Å². The summed E-state index contributed by atoms with van der Waals surface area (Å²) in [4.78, 5) is 24.6. The first-order valence-corrected chi connectivity index (χ1v) is 9.78. The molecule has 6 nitrogen and oxygen atoms in total. The molecule has 0 bridgehead atoms. The number of amides is 2. The Bertz CT molecular complexity index is 1030. The lowest BCUT2D eigenvalue weighted by atomic mass is 10.1. The lowest BCUT2D eigenvalue weighted by Crippen LogP contribution is -2.26. The third-order valence-corrected chi connectivity index (χ3v) is 4.85. The molecule has 0 aliphatic carbocycles. The Morgan fingerprint density at radius 3 is 2.23 bits per heavy atom. The van der Waals surface area contributed by atoms with Crippen molar-refractivity contribution in [2.45, 2.75) is 13.0 Å². The van der Waals surface area contributed by atoms with E-state index >= 15 is 0 Å². The number of benzene rings is 3. The normalized spacial score (nSPS) is 11.7. The van der Waals surface area contributed by atoms with Crippen LogP contribution in [0.2, 0.25) is 0 Å². The number of nitrogens with one attached hydrogen (secondary N) is 2. The third-order valence-electron chi connectivity index (χ3n) is 4.85. The number of carbonyl (C=O) groups excluding carboxylic acids is 2. The molecule has 2 N–H and O–H groups in total. The van der Waals surface area contributed by atoms with Gasteiger partial charge in [0.15, 0.2) is 11.5 Å². The smallest absolute Gasteiger partial charge is 0.251 e. The number of hydrogen-bond donors (Lipinski definition) is 2. The SMILES string of the molecule is O=C(NCCc1ccccc1)c1ccc(CNC(=O)c2ccc3c(c2)OCO3)cc1. The molecule has 1 heterocycles. The summed E-state index contributed by atoms with van der Waals surface area (Å²) in [6.07, 6.45) is 0.788. The minimum atomic E-state index is -0.198. The molecule has 2 amide bonds. The fourth-order valence-corrected chi connectivity index (χ4v) is 3.16. The quantitative estimate of drug-likeness (QED) is 0.636. The van der Waals surface area contributed by atoms with Crippen molar-refractivity contribution < 1.29 is 19.1 Å². The van der Waals surface area contributed by atoms with Crippen LogP contribution in [0.4, 0.5) is 0 Å². The van der Waals surface area contributed by atoms with Crippen LogP contribution in [-0.4, -0.2) is 25.2 Å². The van der Waals surface area contributed by atoms with Crippen molar-refractivity contribution in [2.24, 2.45) is 0 Å². The van der Waals surface area contributed by atoms with Gasteiger partial charge in [0.1, 0.15) is 0 Å². The minimum Gasteiger partial charge on any atom is -0.454 e. The van der Waals surface area contributed by atoms with Crippen LogP contribution in [0.15, 0.2) is 72.8 Å². The van der Waals surface area contributed by atoms with E-state index in [2.05, 4.69) is 10.6 Å². The molecular formula is C24H22N2O4. The topological polar surface area (TPSA) is 76.7 Å². The van der Waals surface area contributed by atoms with Gasteiger partial charge in [-0.25, -0.2) is 0 Å². The van der Waals surface area contributed by atoms with E-state index < -0.39 is 0 Å². The predicted octanol–water partition coefficient (Wildman–Crippen LogP) is 3.32. The Kier molecular flexibility index (Phi) is 5.94. The second-order valence-electron chi connectivity index (χ2n) is 6.94. The summed E-state index contributed by atoms with van der Waals surface area (Å²) in [5, 5.41) is 5.80. The Balaban J connectivity index is 1.26. The van der Waals surface area contributed by atoms with Crippen LogP contribution >= 0.6 is 0 Å². The zero-order chi connectivity index (χ0) is 20.8. The van der Waals surface area contributed by atoms with Gasteiger partial charge in [-0.05, 0) is 47.9 Å². The van der Waals surface area contributed by atoms with Gasteiger partial charge < -0.3 is 20.1 Å². The summed E-state index contributed by atoms with van der Waals surface area (Å²) in [7, 11) is 0. The first-order valence-electron chi connectivity index (χ1n) is 9.78. The van der Waals surface area contributed by atoms with Gasteiger partial charge in [0, 0.05) is 24.2 Å². The summed E-state index contributed by atoms with van der Waals surface area (Å²) in [5.74, 6) is 0.910. The van der Waals surface area contributed by atoms with Crippen molar-refractivity contribution in [3.8, 4) is 11.5 Å². The summed E-state index contributed by atoms with van der Waals surface area (Å²) in [5.41, 5.74) is 3.19. The fourth-order valence-electron chi connectivity index (χ4n) is 3.16. The van der Waals surface area contributed by atoms with E-state index in [9.17, 15) is 9.59 Å². The van der Waals surface area contributed by atoms with Gasteiger partial charge in [-0.1, -0.05) is 42.5 Å². The van der Waals surface area contributed by atoms with Gasteiger partial charge in [0.2, 0.25) is 6.79 Å². The zero-order valence-electron chi connectivity index (χ0n) is 16.4. The molecule has 6 heteroatoms. The lowest BCUT2D eigenvalue weighted by molar-refractivity contribution is 0.0943. The first kappa shape index (κ1) is 19.5. The van der Waals surface area contributed by atoms with E-state index in [0.29, 0.717) is 35.7 Å². The highest BCUT2D eigenvalue weighted by atomic mass is 16.7. The summed E-state index contributed by atoms with van der Waals surface area (Å²) in [6.45, 7) is 1.12. The zero-order valence-corrected chi connectivity index (χ0v) is 16.4. The highest BCUT2D eigenvalue weighted by Gasteiger charge is 2.16. The second kappa shape index (κ2) is 9.13. The standard InChI is InChI=1S/C24H22N2O4/c27-23(25-13-12-17-4-2-1-3-5-17)19-8-6-18(7-9-19)15-26-24(28)20-10-11-21-22(14-20)30-16-29-21/h1-11,14H,12-13,15-16H2,(H,25,27)(H,26,28). The van der Waals surface area contributed by atoms with Gasteiger partial charge in [0.05, 0.1) is 0 Å². The molecule has 0 aromatic heterocycles. The van der Waals surface area contributed by atoms with Crippen molar-refractivity contribution in [3.63, 3.8) is 0 Å². The molecule has 0 spiro atoms. The second-order valence-corrected chi connectivity index (χ2v) is 6.94. The Labute approximate surface area is 174 Å².